The quantitative estimate of drug-likeness (QED) is 0.797. The van der Waals surface area contributed by atoms with Crippen molar-refractivity contribution in [3.05, 3.63) is 53.0 Å². The third-order valence-electron chi connectivity index (χ3n) is 4.63. The van der Waals surface area contributed by atoms with E-state index in [1.165, 1.54) is 12.1 Å². The van der Waals surface area contributed by atoms with Crippen molar-refractivity contribution in [3.63, 3.8) is 0 Å². The van der Waals surface area contributed by atoms with E-state index >= 15 is 0 Å². The third-order valence-corrected chi connectivity index (χ3v) is 5.69. The summed E-state index contributed by atoms with van der Waals surface area (Å²) < 4.78 is 13.0. The Kier molecular flexibility index (Phi) is 3.70. The second-order valence-corrected chi connectivity index (χ2v) is 7.00. The highest BCUT2D eigenvalue weighted by molar-refractivity contribution is 7.98. The van der Waals surface area contributed by atoms with Gasteiger partial charge in [-0.2, -0.15) is 5.26 Å². The Morgan fingerprint density at radius 3 is 2.70 bits per heavy atom. The highest BCUT2D eigenvalue weighted by atomic mass is 32.2. The second-order valence-electron chi connectivity index (χ2n) is 6.03. The molecule has 0 radical (unpaired) electrons. The van der Waals surface area contributed by atoms with Gasteiger partial charge in [-0.1, -0.05) is 12.1 Å². The molecule has 0 saturated carbocycles. The molecule has 3 aliphatic heterocycles. The SMILES string of the molecule is N#Cc1cc2c(nc1SCc1ccc(F)cc1)C1CCN2CC1. The largest absolute Gasteiger partial charge is 0.370 e. The molecule has 5 heteroatoms. The number of pyridine rings is 1. The minimum Gasteiger partial charge on any atom is -0.370 e. The van der Waals surface area contributed by atoms with Gasteiger partial charge >= 0.3 is 0 Å². The number of aromatic nitrogens is 1. The first-order valence-electron chi connectivity index (χ1n) is 7.82. The van der Waals surface area contributed by atoms with Crippen LogP contribution in [0.15, 0.2) is 35.4 Å². The molecule has 2 aromatic rings. The maximum absolute atomic E-state index is 13.0. The van der Waals surface area contributed by atoms with E-state index in [1.54, 1.807) is 23.9 Å². The van der Waals surface area contributed by atoms with Crippen LogP contribution in [0.4, 0.5) is 10.1 Å². The predicted molar refractivity (Wildman–Crippen MR) is 89.1 cm³/mol. The molecule has 0 unspecified atom stereocenters. The third kappa shape index (κ3) is 2.68. The lowest BCUT2D eigenvalue weighted by molar-refractivity contribution is 0.461. The molecule has 4 heterocycles. The number of thioether (sulfide) groups is 1. The molecular formula is C18H16FN3S. The van der Waals surface area contributed by atoms with E-state index in [4.69, 9.17) is 4.98 Å². The summed E-state index contributed by atoms with van der Waals surface area (Å²) >= 11 is 1.56. The first-order chi connectivity index (χ1) is 11.2. The van der Waals surface area contributed by atoms with Gasteiger partial charge in [0.05, 0.1) is 16.9 Å². The molecule has 1 aromatic carbocycles. The Labute approximate surface area is 139 Å². The normalized spacial score (nSPS) is 16.3. The molecule has 3 aliphatic rings. The monoisotopic (exact) mass is 325 g/mol. The van der Waals surface area contributed by atoms with Crippen molar-refractivity contribution >= 4 is 17.4 Å². The molecule has 1 aromatic heterocycles. The fourth-order valence-corrected chi connectivity index (χ4v) is 4.29. The number of anilines is 1. The maximum Gasteiger partial charge on any atom is 0.123 e. The highest BCUT2D eigenvalue weighted by Gasteiger charge is 2.33. The van der Waals surface area contributed by atoms with Crippen molar-refractivity contribution in [2.24, 2.45) is 0 Å². The van der Waals surface area contributed by atoms with E-state index in [2.05, 4.69) is 11.0 Å². The van der Waals surface area contributed by atoms with Gasteiger partial charge in [0.2, 0.25) is 0 Å². The molecule has 23 heavy (non-hydrogen) atoms. The number of nitriles is 1. The molecule has 3 nitrogen and oxygen atoms in total. The molecule has 2 bridgehead atoms. The Balaban J connectivity index is 1.62. The molecule has 5 rings (SSSR count). The summed E-state index contributed by atoms with van der Waals surface area (Å²) in [6.45, 7) is 2.15. The van der Waals surface area contributed by atoms with Crippen LogP contribution in [0.25, 0.3) is 0 Å². The lowest BCUT2D eigenvalue weighted by Crippen LogP contribution is -2.39. The van der Waals surface area contributed by atoms with Gasteiger partial charge in [-0.15, -0.1) is 11.8 Å². The van der Waals surface area contributed by atoms with Gasteiger partial charge in [0.15, 0.2) is 0 Å². The highest BCUT2D eigenvalue weighted by Crippen LogP contribution is 2.43. The van der Waals surface area contributed by atoms with E-state index in [0.717, 1.165) is 47.9 Å². The van der Waals surface area contributed by atoms with Crippen molar-refractivity contribution in [1.82, 2.24) is 4.98 Å². The first kappa shape index (κ1) is 14.5. The van der Waals surface area contributed by atoms with Crippen LogP contribution in [0.3, 0.4) is 0 Å². The first-order valence-corrected chi connectivity index (χ1v) is 8.80. The van der Waals surface area contributed by atoms with Crippen molar-refractivity contribution < 1.29 is 4.39 Å². The van der Waals surface area contributed by atoms with Crippen molar-refractivity contribution in [2.45, 2.75) is 29.5 Å². The molecule has 1 saturated heterocycles. The number of halogens is 1. The van der Waals surface area contributed by atoms with Crippen LogP contribution >= 0.6 is 11.8 Å². The van der Waals surface area contributed by atoms with Gasteiger partial charge in [0.25, 0.3) is 0 Å². The molecule has 116 valence electrons. The molecule has 0 atom stereocenters. The van der Waals surface area contributed by atoms with Gasteiger partial charge < -0.3 is 4.90 Å². The zero-order valence-corrected chi connectivity index (χ0v) is 13.4. The fraction of sp³-hybridized carbons (Fsp3) is 0.333. The van der Waals surface area contributed by atoms with Crippen LogP contribution in [0, 0.1) is 17.1 Å². The minimum absolute atomic E-state index is 0.228. The van der Waals surface area contributed by atoms with E-state index < -0.39 is 0 Å². The summed E-state index contributed by atoms with van der Waals surface area (Å²) in [4.78, 5) is 7.17. The standard InChI is InChI=1S/C18H16FN3S/c19-15-3-1-12(2-4-15)11-23-18-14(10-20)9-16-17(21-18)13-5-7-22(16)8-6-13/h1-4,9,13H,5-8,11H2. The van der Waals surface area contributed by atoms with Crippen LogP contribution < -0.4 is 4.90 Å². The van der Waals surface area contributed by atoms with Gasteiger partial charge in [0, 0.05) is 24.8 Å². The molecule has 1 fully saturated rings. The zero-order valence-electron chi connectivity index (χ0n) is 12.6. The van der Waals surface area contributed by atoms with Crippen LogP contribution in [0.2, 0.25) is 0 Å². The molecular weight excluding hydrogens is 309 g/mol. The van der Waals surface area contributed by atoms with Gasteiger partial charge in [-0.05, 0) is 36.6 Å². The van der Waals surface area contributed by atoms with Crippen LogP contribution in [0.5, 0.6) is 0 Å². The Morgan fingerprint density at radius 2 is 2.00 bits per heavy atom. The summed E-state index contributed by atoms with van der Waals surface area (Å²) in [6.07, 6.45) is 2.32. The molecule has 0 spiro atoms. The number of hydrogen-bond donors (Lipinski definition) is 0. The molecule has 0 amide bonds. The Hall–Kier alpha value is -2.06. The van der Waals surface area contributed by atoms with Crippen molar-refractivity contribution in [3.8, 4) is 6.07 Å². The number of piperidine rings is 1. The predicted octanol–water partition coefficient (Wildman–Crippen LogP) is 4.08. The lowest BCUT2D eigenvalue weighted by atomic mass is 9.86. The number of fused-ring (bicyclic) bond motifs is 2. The number of rotatable bonds is 3. The minimum atomic E-state index is -0.228. The summed E-state index contributed by atoms with van der Waals surface area (Å²) in [5, 5.41) is 10.2. The van der Waals surface area contributed by atoms with Crippen LogP contribution in [0.1, 0.15) is 35.6 Å². The average Bonchev–Trinajstić information content (AvgIpc) is 2.61. The van der Waals surface area contributed by atoms with E-state index in [0.29, 0.717) is 17.2 Å². The molecule has 0 aliphatic carbocycles. The summed E-state index contributed by atoms with van der Waals surface area (Å²) in [6, 6.07) is 10.8. The number of benzene rings is 1. The van der Waals surface area contributed by atoms with Gasteiger partial charge in [0.1, 0.15) is 16.9 Å². The van der Waals surface area contributed by atoms with Crippen LogP contribution in [-0.4, -0.2) is 18.1 Å². The van der Waals surface area contributed by atoms with E-state index in [9.17, 15) is 9.65 Å². The summed E-state index contributed by atoms with van der Waals surface area (Å²) in [5.41, 5.74) is 3.98. The zero-order chi connectivity index (χ0) is 15.8. The van der Waals surface area contributed by atoms with Gasteiger partial charge in [-0.25, -0.2) is 9.37 Å². The number of nitrogens with zero attached hydrogens (tertiary/aromatic N) is 3. The number of hydrogen-bond acceptors (Lipinski definition) is 4. The van der Waals surface area contributed by atoms with Gasteiger partial charge in [-0.3, -0.25) is 0 Å². The maximum atomic E-state index is 13.0. The van der Waals surface area contributed by atoms with E-state index in [-0.39, 0.29) is 5.82 Å². The Morgan fingerprint density at radius 1 is 1.26 bits per heavy atom. The summed E-state index contributed by atoms with van der Waals surface area (Å²) in [7, 11) is 0. The summed E-state index contributed by atoms with van der Waals surface area (Å²) in [5.74, 6) is 0.996. The topological polar surface area (TPSA) is 39.9 Å². The smallest absolute Gasteiger partial charge is 0.123 e. The Bertz CT molecular complexity index is 774. The van der Waals surface area contributed by atoms with E-state index in [1.807, 2.05) is 6.07 Å². The lowest BCUT2D eigenvalue weighted by Gasteiger charge is -2.41. The fourth-order valence-electron chi connectivity index (χ4n) is 3.37. The van der Waals surface area contributed by atoms with Crippen LogP contribution in [-0.2, 0) is 5.75 Å². The van der Waals surface area contributed by atoms with Crippen molar-refractivity contribution in [1.29, 1.82) is 5.26 Å². The van der Waals surface area contributed by atoms with Crippen molar-refractivity contribution in [2.75, 3.05) is 18.0 Å². The average molecular weight is 325 g/mol. The second kappa shape index (κ2) is 5.86. The molecule has 0 N–H and O–H groups in total.